The minimum atomic E-state index is -0.234. The van der Waals surface area contributed by atoms with Crippen LogP contribution in [0.2, 0.25) is 0 Å². The maximum Gasteiger partial charge on any atom is 0.261 e. The second kappa shape index (κ2) is 5.82. The van der Waals surface area contributed by atoms with Gasteiger partial charge >= 0.3 is 0 Å². The molecule has 2 aromatic carbocycles. The third-order valence-electron chi connectivity index (χ3n) is 3.98. The SMILES string of the molecule is O=C1c2cccc3cccc(c23)C(=O)N1Cc1cc[nH+]cc1.[Cl-]. The van der Waals surface area contributed by atoms with Crippen LogP contribution in [0.5, 0.6) is 0 Å². The molecule has 0 aliphatic carbocycles. The number of halogens is 1. The first-order valence-electron chi connectivity index (χ1n) is 7.08. The Hall–Kier alpha value is -2.72. The van der Waals surface area contributed by atoms with Crippen molar-refractivity contribution in [2.45, 2.75) is 6.54 Å². The molecule has 5 heteroatoms. The highest BCUT2D eigenvalue weighted by atomic mass is 35.5. The van der Waals surface area contributed by atoms with E-state index in [1.807, 2.05) is 36.4 Å². The molecule has 114 valence electrons. The monoisotopic (exact) mass is 324 g/mol. The predicted octanol–water partition coefficient (Wildman–Crippen LogP) is -0.546. The van der Waals surface area contributed by atoms with E-state index in [1.54, 1.807) is 24.5 Å². The highest BCUT2D eigenvalue weighted by Crippen LogP contribution is 2.30. The van der Waals surface area contributed by atoms with Gasteiger partial charge in [-0.3, -0.25) is 14.5 Å². The van der Waals surface area contributed by atoms with E-state index >= 15 is 0 Å². The molecule has 2 heterocycles. The Morgan fingerprint density at radius 1 is 0.826 bits per heavy atom. The zero-order valence-electron chi connectivity index (χ0n) is 12.1. The fourth-order valence-corrected chi connectivity index (χ4v) is 2.93. The van der Waals surface area contributed by atoms with Crippen LogP contribution in [-0.2, 0) is 6.54 Å². The van der Waals surface area contributed by atoms with E-state index in [2.05, 4.69) is 4.98 Å². The fraction of sp³-hybridized carbons (Fsp3) is 0.0556. The number of hydrogen-bond donors (Lipinski definition) is 0. The van der Waals surface area contributed by atoms with Gasteiger partial charge < -0.3 is 12.4 Å². The summed E-state index contributed by atoms with van der Waals surface area (Å²) in [6.45, 7) is 0.275. The van der Waals surface area contributed by atoms with Gasteiger partial charge in [0.05, 0.1) is 6.54 Å². The molecule has 1 aliphatic rings. The Kier molecular flexibility index (Phi) is 3.84. The molecular weight excluding hydrogens is 312 g/mol. The second-order valence-corrected chi connectivity index (χ2v) is 5.31. The van der Waals surface area contributed by atoms with Crippen molar-refractivity contribution in [1.29, 1.82) is 0 Å². The number of nitrogens with one attached hydrogen (secondary N) is 1. The minimum absolute atomic E-state index is 0. The summed E-state index contributed by atoms with van der Waals surface area (Å²) in [5, 5.41) is 1.68. The molecule has 1 aliphatic heterocycles. The number of carbonyl (C=O) groups is 2. The largest absolute Gasteiger partial charge is 1.00 e. The molecule has 3 aromatic rings. The fourth-order valence-electron chi connectivity index (χ4n) is 2.93. The number of nitrogens with zero attached hydrogens (tertiary/aromatic N) is 1. The average Bonchev–Trinajstić information content (AvgIpc) is 2.57. The summed E-state index contributed by atoms with van der Waals surface area (Å²) in [5.74, 6) is -0.468. The predicted molar refractivity (Wildman–Crippen MR) is 81.1 cm³/mol. The van der Waals surface area contributed by atoms with Gasteiger partial charge in [0.1, 0.15) is 0 Å². The van der Waals surface area contributed by atoms with Crippen molar-refractivity contribution in [2.24, 2.45) is 0 Å². The number of rotatable bonds is 2. The third-order valence-corrected chi connectivity index (χ3v) is 3.98. The molecule has 0 radical (unpaired) electrons. The topological polar surface area (TPSA) is 51.5 Å². The van der Waals surface area contributed by atoms with Crippen LogP contribution in [0.3, 0.4) is 0 Å². The van der Waals surface area contributed by atoms with Gasteiger partial charge in [-0.1, -0.05) is 24.3 Å². The van der Waals surface area contributed by atoms with Crippen molar-refractivity contribution < 1.29 is 27.0 Å². The molecule has 0 saturated heterocycles. The van der Waals surface area contributed by atoms with E-state index in [9.17, 15) is 9.59 Å². The normalized spacial score (nSPS) is 13.1. The zero-order valence-corrected chi connectivity index (χ0v) is 12.9. The van der Waals surface area contributed by atoms with Crippen molar-refractivity contribution in [3.05, 3.63) is 77.6 Å². The number of aromatic nitrogens is 1. The standard InChI is InChI=1S/C18H12N2O2.ClH/c21-17-14-5-1-3-13-4-2-6-15(16(13)14)18(22)20(17)11-12-7-9-19-10-8-12;/h1-10H,11H2;1H. The molecule has 4 nitrogen and oxygen atoms in total. The van der Waals surface area contributed by atoms with Gasteiger partial charge in [0.2, 0.25) is 0 Å². The minimum Gasteiger partial charge on any atom is -1.00 e. The molecule has 1 N–H and O–H groups in total. The molecular formula is C18H13ClN2O2. The van der Waals surface area contributed by atoms with Crippen molar-refractivity contribution >= 4 is 22.6 Å². The Labute approximate surface area is 139 Å². The van der Waals surface area contributed by atoms with E-state index < -0.39 is 0 Å². The van der Waals surface area contributed by atoms with E-state index in [0.717, 1.165) is 16.3 Å². The van der Waals surface area contributed by atoms with Gasteiger partial charge in [-0.25, -0.2) is 4.98 Å². The van der Waals surface area contributed by atoms with Crippen LogP contribution < -0.4 is 17.4 Å². The van der Waals surface area contributed by atoms with Crippen LogP contribution in [0, 0.1) is 0 Å². The first-order valence-corrected chi connectivity index (χ1v) is 7.08. The molecule has 1 aromatic heterocycles. The number of H-pyrrole nitrogens is 1. The Bertz CT molecular complexity index is 859. The van der Waals surface area contributed by atoms with Crippen LogP contribution >= 0.6 is 0 Å². The summed E-state index contributed by atoms with van der Waals surface area (Å²) in [6, 6.07) is 14.8. The van der Waals surface area contributed by atoms with Crippen LogP contribution in [0.1, 0.15) is 26.3 Å². The van der Waals surface area contributed by atoms with Gasteiger partial charge in [-0.05, 0) is 23.1 Å². The molecule has 0 unspecified atom stereocenters. The Morgan fingerprint density at radius 2 is 1.39 bits per heavy atom. The molecule has 4 rings (SSSR count). The van der Waals surface area contributed by atoms with Crippen molar-refractivity contribution in [3.8, 4) is 0 Å². The summed E-state index contributed by atoms with van der Waals surface area (Å²) in [6.07, 6.45) is 3.56. The van der Waals surface area contributed by atoms with Crippen LogP contribution in [0.25, 0.3) is 10.8 Å². The smallest absolute Gasteiger partial charge is 0.261 e. The molecule has 0 spiro atoms. The highest BCUT2D eigenvalue weighted by molar-refractivity contribution is 6.25. The number of imide groups is 1. The number of pyridine rings is 1. The lowest BCUT2D eigenvalue weighted by molar-refractivity contribution is -0.378. The lowest BCUT2D eigenvalue weighted by Crippen LogP contribution is -3.00. The summed E-state index contributed by atoms with van der Waals surface area (Å²) < 4.78 is 0. The molecule has 0 saturated carbocycles. The summed E-state index contributed by atoms with van der Waals surface area (Å²) >= 11 is 0. The third kappa shape index (κ3) is 2.37. The summed E-state index contributed by atoms with van der Waals surface area (Å²) in [7, 11) is 0. The number of carbonyl (C=O) groups excluding carboxylic acids is 2. The van der Waals surface area contributed by atoms with Gasteiger partial charge in [0.15, 0.2) is 12.4 Å². The van der Waals surface area contributed by atoms with E-state index in [4.69, 9.17) is 0 Å². The lowest BCUT2D eigenvalue weighted by atomic mass is 9.94. The van der Waals surface area contributed by atoms with Crippen molar-refractivity contribution in [2.75, 3.05) is 0 Å². The number of benzene rings is 2. The van der Waals surface area contributed by atoms with Gasteiger partial charge in [-0.15, -0.1) is 0 Å². The van der Waals surface area contributed by atoms with Crippen LogP contribution in [-0.4, -0.2) is 16.7 Å². The summed E-state index contributed by atoms with van der Waals surface area (Å²) in [5.41, 5.74) is 2.09. The zero-order chi connectivity index (χ0) is 15.1. The first-order chi connectivity index (χ1) is 10.8. The first kappa shape index (κ1) is 15.2. The Morgan fingerprint density at radius 3 is 1.96 bits per heavy atom. The van der Waals surface area contributed by atoms with E-state index in [-0.39, 0.29) is 30.8 Å². The van der Waals surface area contributed by atoms with Crippen molar-refractivity contribution in [3.63, 3.8) is 0 Å². The molecule has 0 bridgehead atoms. The highest BCUT2D eigenvalue weighted by Gasteiger charge is 2.32. The van der Waals surface area contributed by atoms with E-state index in [0.29, 0.717) is 11.1 Å². The van der Waals surface area contributed by atoms with E-state index in [1.165, 1.54) is 4.90 Å². The lowest BCUT2D eigenvalue weighted by Gasteiger charge is -2.27. The van der Waals surface area contributed by atoms with Crippen LogP contribution in [0.15, 0.2) is 60.9 Å². The Balaban J connectivity index is 0.00000156. The molecule has 0 fully saturated rings. The van der Waals surface area contributed by atoms with Gasteiger partial charge in [0, 0.05) is 28.6 Å². The quantitative estimate of drug-likeness (QED) is 0.594. The summed E-state index contributed by atoms with van der Waals surface area (Å²) in [4.78, 5) is 29.7. The van der Waals surface area contributed by atoms with Gasteiger partial charge in [-0.2, -0.15) is 0 Å². The van der Waals surface area contributed by atoms with Gasteiger partial charge in [0.25, 0.3) is 11.8 Å². The van der Waals surface area contributed by atoms with Crippen LogP contribution in [0.4, 0.5) is 0 Å². The number of amides is 2. The average molecular weight is 325 g/mol. The molecule has 23 heavy (non-hydrogen) atoms. The molecule has 0 atom stereocenters. The maximum atomic E-state index is 12.7. The maximum absolute atomic E-state index is 12.7. The number of aromatic amines is 1. The second-order valence-electron chi connectivity index (χ2n) is 5.31. The molecule has 2 amide bonds. The van der Waals surface area contributed by atoms with Crippen molar-refractivity contribution in [1.82, 2.24) is 4.90 Å². The number of hydrogen-bond acceptors (Lipinski definition) is 2.